The van der Waals surface area contributed by atoms with Crippen molar-refractivity contribution in [2.45, 2.75) is 19.8 Å². The summed E-state index contributed by atoms with van der Waals surface area (Å²) < 4.78 is 0. The molecule has 1 N–H and O–H groups in total. The Balaban J connectivity index is 1.38. The zero-order valence-corrected chi connectivity index (χ0v) is 17.2. The lowest BCUT2D eigenvalue weighted by molar-refractivity contribution is -0.132. The quantitative estimate of drug-likeness (QED) is 0.705. The number of rotatable bonds is 5. The molecule has 0 spiro atoms. The van der Waals surface area contributed by atoms with Crippen molar-refractivity contribution in [2.24, 2.45) is 0 Å². The molecule has 1 aliphatic heterocycles. The van der Waals surface area contributed by atoms with E-state index in [0.29, 0.717) is 38.2 Å². The number of H-pyrrole nitrogens is 1. The summed E-state index contributed by atoms with van der Waals surface area (Å²) in [6, 6.07) is 15.6. The average Bonchev–Trinajstić information content (AvgIpc) is 3.21. The zero-order chi connectivity index (χ0) is 20.9. The van der Waals surface area contributed by atoms with Gasteiger partial charge in [-0.15, -0.1) is 0 Å². The molecule has 1 aliphatic rings. The van der Waals surface area contributed by atoms with Gasteiger partial charge in [0, 0.05) is 43.5 Å². The summed E-state index contributed by atoms with van der Waals surface area (Å²) in [6.45, 7) is 4.41. The van der Waals surface area contributed by atoms with Crippen LogP contribution >= 0.6 is 0 Å². The second kappa shape index (κ2) is 8.95. The lowest BCUT2D eigenvalue weighted by atomic mass is 10.1. The molecule has 6 nitrogen and oxygen atoms in total. The first kappa shape index (κ1) is 19.9. The number of nitrogens with one attached hydrogen (secondary N) is 1. The maximum atomic E-state index is 12.8. The van der Waals surface area contributed by atoms with Crippen molar-refractivity contribution >= 4 is 34.9 Å². The fraction of sp³-hybridized carbons (Fsp3) is 0.292. The maximum Gasteiger partial charge on any atom is 0.253 e. The van der Waals surface area contributed by atoms with E-state index in [0.717, 1.165) is 28.6 Å². The molecule has 4 rings (SSSR count). The van der Waals surface area contributed by atoms with E-state index in [1.54, 1.807) is 0 Å². The summed E-state index contributed by atoms with van der Waals surface area (Å²) in [6.07, 6.45) is 5.41. The highest BCUT2D eigenvalue weighted by Crippen LogP contribution is 2.18. The number of fused-ring (bicyclic) bond motifs is 1. The van der Waals surface area contributed by atoms with Gasteiger partial charge in [-0.1, -0.05) is 43.3 Å². The third kappa shape index (κ3) is 4.27. The highest BCUT2D eigenvalue weighted by molar-refractivity contribution is 5.95. The van der Waals surface area contributed by atoms with Crippen LogP contribution in [0.4, 0.5) is 0 Å². The van der Waals surface area contributed by atoms with Gasteiger partial charge in [-0.25, -0.2) is 0 Å². The predicted octanol–water partition coefficient (Wildman–Crippen LogP) is 3.82. The van der Waals surface area contributed by atoms with Gasteiger partial charge in [0.2, 0.25) is 5.91 Å². The zero-order valence-electron chi connectivity index (χ0n) is 17.2. The minimum absolute atomic E-state index is 0.0198. The van der Waals surface area contributed by atoms with Crippen LogP contribution in [-0.4, -0.2) is 58.0 Å². The van der Waals surface area contributed by atoms with E-state index in [9.17, 15) is 9.59 Å². The molecule has 2 heterocycles. The van der Waals surface area contributed by atoms with Crippen molar-refractivity contribution in [3.05, 3.63) is 65.4 Å². The van der Waals surface area contributed by atoms with Crippen LogP contribution in [0.25, 0.3) is 23.1 Å². The normalized spacial score (nSPS) is 14.6. The molecule has 2 aromatic carbocycles. The van der Waals surface area contributed by atoms with Gasteiger partial charge in [-0.2, -0.15) is 5.10 Å². The molecule has 0 saturated carbocycles. The lowest BCUT2D eigenvalue weighted by Crippen LogP contribution is -2.50. The van der Waals surface area contributed by atoms with Crippen molar-refractivity contribution in [2.75, 3.05) is 26.2 Å². The van der Waals surface area contributed by atoms with E-state index in [-0.39, 0.29) is 11.8 Å². The Bertz CT molecular complexity index is 1060. The van der Waals surface area contributed by atoms with Crippen LogP contribution < -0.4 is 0 Å². The number of nitrogens with zero attached hydrogens (tertiary/aromatic N) is 3. The Labute approximate surface area is 176 Å². The largest absolute Gasteiger partial charge is 0.339 e. The second-order valence-electron chi connectivity index (χ2n) is 7.53. The van der Waals surface area contributed by atoms with Crippen LogP contribution in [0.1, 0.15) is 41.4 Å². The number of amides is 2. The van der Waals surface area contributed by atoms with Crippen molar-refractivity contribution in [1.82, 2.24) is 20.0 Å². The number of carbonyl (C=O) groups excluding carboxylic acids is 2. The molecule has 2 amide bonds. The number of para-hydroxylation sites is 1. The van der Waals surface area contributed by atoms with Crippen LogP contribution in [0.5, 0.6) is 0 Å². The SMILES string of the molecule is CCCC(=O)N1CCN(C(=O)c2ccc(/C=C/c3n[nH]c4ccccc34)cc2)CC1. The summed E-state index contributed by atoms with van der Waals surface area (Å²) >= 11 is 0. The molecule has 30 heavy (non-hydrogen) atoms. The van der Waals surface area contributed by atoms with Crippen molar-refractivity contribution in [3.8, 4) is 0 Å². The first-order valence-corrected chi connectivity index (χ1v) is 10.4. The van der Waals surface area contributed by atoms with E-state index in [4.69, 9.17) is 0 Å². The van der Waals surface area contributed by atoms with Crippen molar-refractivity contribution in [1.29, 1.82) is 0 Å². The van der Waals surface area contributed by atoms with Gasteiger partial charge in [-0.05, 0) is 36.3 Å². The number of benzene rings is 2. The maximum absolute atomic E-state index is 12.8. The fourth-order valence-electron chi connectivity index (χ4n) is 3.74. The van der Waals surface area contributed by atoms with Crippen molar-refractivity contribution < 1.29 is 9.59 Å². The van der Waals surface area contributed by atoms with E-state index >= 15 is 0 Å². The van der Waals surface area contributed by atoms with Gasteiger partial charge in [0.25, 0.3) is 5.91 Å². The van der Waals surface area contributed by atoms with E-state index in [1.165, 1.54) is 0 Å². The van der Waals surface area contributed by atoms with Gasteiger partial charge in [-0.3, -0.25) is 14.7 Å². The fourth-order valence-corrected chi connectivity index (χ4v) is 3.74. The Kier molecular flexibility index (Phi) is 5.93. The molecule has 3 aromatic rings. The van der Waals surface area contributed by atoms with E-state index < -0.39 is 0 Å². The van der Waals surface area contributed by atoms with Crippen LogP contribution in [0.3, 0.4) is 0 Å². The molecule has 0 aliphatic carbocycles. The molecule has 0 bridgehead atoms. The first-order valence-electron chi connectivity index (χ1n) is 10.4. The molecule has 6 heteroatoms. The number of aromatic amines is 1. The lowest BCUT2D eigenvalue weighted by Gasteiger charge is -2.34. The number of hydrogen-bond acceptors (Lipinski definition) is 3. The number of hydrogen-bond donors (Lipinski definition) is 1. The molecule has 1 aromatic heterocycles. The summed E-state index contributed by atoms with van der Waals surface area (Å²) in [7, 11) is 0. The molecule has 154 valence electrons. The van der Waals surface area contributed by atoms with Gasteiger partial charge in [0.15, 0.2) is 0 Å². The molecule has 0 unspecified atom stereocenters. The van der Waals surface area contributed by atoms with Gasteiger partial charge in [0.1, 0.15) is 0 Å². The van der Waals surface area contributed by atoms with Crippen LogP contribution in [-0.2, 0) is 4.79 Å². The van der Waals surface area contributed by atoms with Crippen LogP contribution in [0.15, 0.2) is 48.5 Å². The third-order valence-electron chi connectivity index (χ3n) is 5.47. The first-order chi connectivity index (χ1) is 14.7. The Hall–Kier alpha value is -3.41. The molecule has 0 atom stereocenters. The highest BCUT2D eigenvalue weighted by atomic mass is 16.2. The van der Waals surface area contributed by atoms with Gasteiger partial charge in [0.05, 0.1) is 11.2 Å². The van der Waals surface area contributed by atoms with Crippen LogP contribution in [0.2, 0.25) is 0 Å². The highest BCUT2D eigenvalue weighted by Gasteiger charge is 2.24. The number of aromatic nitrogens is 2. The van der Waals surface area contributed by atoms with E-state index in [2.05, 4.69) is 10.2 Å². The number of carbonyl (C=O) groups is 2. The molecular weight excluding hydrogens is 376 g/mol. The average molecular weight is 402 g/mol. The van der Waals surface area contributed by atoms with Gasteiger partial charge < -0.3 is 9.80 Å². The smallest absolute Gasteiger partial charge is 0.253 e. The minimum Gasteiger partial charge on any atom is -0.339 e. The minimum atomic E-state index is 0.0198. The topological polar surface area (TPSA) is 69.3 Å². The second-order valence-corrected chi connectivity index (χ2v) is 7.53. The third-order valence-corrected chi connectivity index (χ3v) is 5.47. The molecule has 0 radical (unpaired) electrons. The standard InChI is InChI=1S/C24H26N4O2/c1-2-5-23(29)27-14-16-28(17-15-27)24(30)19-11-8-18(9-12-19)10-13-22-20-6-3-4-7-21(20)25-26-22/h3-4,6-13H,2,5,14-17H2,1H3,(H,25,26)/b13-10+. The summed E-state index contributed by atoms with van der Waals surface area (Å²) in [5, 5.41) is 8.45. The summed E-state index contributed by atoms with van der Waals surface area (Å²) in [5.41, 5.74) is 3.58. The Morgan fingerprint density at radius 1 is 0.967 bits per heavy atom. The number of piperazine rings is 1. The molecule has 1 fully saturated rings. The van der Waals surface area contributed by atoms with Crippen molar-refractivity contribution in [3.63, 3.8) is 0 Å². The predicted molar refractivity (Wildman–Crippen MR) is 119 cm³/mol. The summed E-state index contributed by atoms with van der Waals surface area (Å²) in [5.74, 6) is 0.205. The summed E-state index contributed by atoms with van der Waals surface area (Å²) in [4.78, 5) is 28.5. The van der Waals surface area contributed by atoms with E-state index in [1.807, 2.05) is 77.4 Å². The Morgan fingerprint density at radius 2 is 1.67 bits per heavy atom. The molecular formula is C24H26N4O2. The van der Waals surface area contributed by atoms with Gasteiger partial charge >= 0.3 is 0 Å². The monoisotopic (exact) mass is 402 g/mol. The van der Waals surface area contributed by atoms with Crippen LogP contribution in [0, 0.1) is 0 Å². The Morgan fingerprint density at radius 3 is 2.40 bits per heavy atom. The molecule has 1 saturated heterocycles.